The zero-order valence-corrected chi connectivity index (χ0v) is 14.7. The van der Waals surface area contributed by atoms with Crippen LogP contribution in [0.2, 0.25) is 0 Å². The third-order valence-electron chi connectivity index (χ3n) is 3.57. The lowest BCUT2D eigenvalue weighted by Crippen LogP contribution is -2.50. The van der Waals surface area contributed by atoms with Gasteiger partial charge < -0.3 is 15.4 Å². The maximum atomic E-state index is 12.0. The van der Waals surface area contributed by atoms with Crippen molar-refractivity contribution in [2.24, 2.45) is 0 Å². The lowest BCUT2D eigenvalue weighted by Gasteiger charge is -2.34. The van der Waals surface area contributed by atoms with Crippen LogP contribution in [0.5, 0.6) is 0 Å². The highest BCUT2D eigenvalue weighted by molar-refractivity contribution is 7.07. The number of nitrogens with zero attached hydrogens (tertiary/aromatic N) is 1. The predicted molar refractivity (Wildman–Crippen MR) is 90.4 cm³/mol. The molecule has 128 valence electrons. The molecule has 2 heterocycles. The molecule has 0 radical (unpaired) electrons. The normalized spacial score (nSPS) is 17.5. The molecule has 1 fully saturated rings. The second kappa shape index (κ2) is 7.90. The Morgan fingerprint density at radius 1 is 1.30 bits per heavy atom. The highest BCUT2D eigenvalue weighted by Crippen LogP contribution is 2.23. The van der Waals surface area contributed by atoms with Gasteiger partial charge >= 0.3 is 11.8 Å². The van der Waals surface area contributed by atoms with Crippen molar-refractivity contribution in [3.8, 4) is 0 Å². The number of carbonyl (C=O) groups is 2. The molecule has 2 amide bonds. The molecule has 0 aromatic carbocycles. The Bertz CT molecular complexity index is 519. The van der Waals surface area contributed by atoms with Crippen LogP contribution in [-0.2, 0) is 14.3 Å². The van der Waals surface area contributed by atoms with E-state index in [1.807, 2.05) is 26.2 Å². The van der Waals surface area contributed by atoms with Gasteiger partial charge in [-0.25, -0.2) is 0 Å². The van der Waals surface area contributed by atoms with Gasteiger partial charge in [-0.15, -0.1) is 0 Å². The quantitative estimate of drug-likeness (QED) is 0.808. The summed E-state index contributed by atoms with van der Waals surface area (Å²) in [5, 5.41) is 9.55. The third kappa shape index (κ3) is 5.60. The van der Waals surface area contributed by atoms with E-state index in [1.165, 1.54) is 0 Å². The van der Waals surface area contributed by atoms with Crippen LogP contribution in [0.4, 0.5) is 0 Å². The first-order chi connectivity index (χ1) is 10.9. The molecule has 1 atom stereocenters. The Labute approximate surface area is 141 Å². The summed E-state index contributed by atoms with van der Waals surface area (Å²) in [5.74, 6) is -1.18. The number of rotatable bonds is 4. The van der Waals surface area contributed by atoms with Crippen molar-refractivity contribution in [2.75, 3.05) is 32.8 Å². The zero-order chi connectivity index (χ0) is 16.9. The molecule has 0 saturated carbocycles. The maximum Gasteiger partial charge on any atom is 0.309 e. The van der Waals surface area contributed by atoms with Crippen molar-refractivity contribution in [2.45, 2.75) is 32.4 Å². The van der Waals surface area contributed by atoms with E-state index in [0.717, 1.165) is 18.7 Å². The summed E-state index contributed by atoms with van der Waals surface area (Å²) in [6.45, 7) is 8.99. The lowest BCUT2D eigenvalue weighted by molar-refractivity contribution is -0.140. The summed E-state index contributed by atoms with van der Waals surface area (Å²) in [6, 6.07) is 2.13. The van der Waals surface area contributed by atoms with Gasteiger partial charge in [-0.2, -0.15) is 11.3 Å². The van der Waals surface area contributed by atoms with E-state index >= 15 is 0 Å². The zero-order valence-electron chi connectivity index (χ0n) is 13.9. The molecule has 0 bridgehead atoms. The van der Waals surface area contributed by atoms with Crippen LogP contribution in [0.1, 0.15) is 32.4 Å². The smallest absolute Gasteiger partial charge is 0.309 e. The first kappa shape index (κ1) is 17.9. The van der Waals surface area contributed by atoms with Gasteiger partial charge in [0, 0.05) is 25.2 Å². The summed E-state index contributed by atoms with van der Waals surface area (Å²) >= 11 is 1.63. The second-order valence-electron chi connectivity index (χ2n) is 6.63. The fourth-order valence-corrected chi connectivity index (χ4v) is 3.19. The minimum absolute atomic E-state index is 0.0662. The fourth-order valence-electron chi connectivity index (χ4n) is 2.48. The number of ether oxygens (including phenoxy) is 1. The molecule has 0 spiro atoms. The fraction of sp³-hybridized carbons (Fsp3) is 0.625. The summed E-state index contributed by atoms with van der Waals surface area (Å²) in [7, 11) is 0. The van der Waals surface area contributed by atoms with Crippen molar-refractivity contribution in [1.29, 1.82) is 0 Å². The molecule has 0 aliphatic carbocycles. The molecule has 23 heavy (non-hydrogen) atoms. The number of carbonyl (C=O) groups excluding carboxylic acids is 2. The molecule has 1 aliphatic heterocycles. The van der Waals surface area contributed by atoms with Gasteiger partial charge in [0.15, 0.2) is 0 Å². The van der Waals surface area contributed by atoms with E-state index in [0.29, 0.717) is 19.8 Å². The molecular formula is C16H25N3O3S. The number of hydrogen-bond acceptors (Lipinski definition) is 5. The Hall–Kier alpha value is -1.44. The second-order valence-corrected chi connectivity index (χ2v) is 7.42. The SMILES string of the molecule is CC(C)(C)NC(=O)C(=O)NCC(c1ccsc1)N1CCOCC1. The van der Waals surface area contributed by atoms with Crippen LogP contribution >= 0.6 is 11.3 Å². The minimum Gasteiger partial charge on any atom is -0.379 e. The van der Waals surface area contributed by atoms with Crippen LogP contribution < -0.4 is 10.6 Å². The molecule has 1 aromatic rings. The van der Waals surface area contributed by atoms with Crippen molar-refractivity contribution < 1.29 is 14.3 Å². The number of morpholine rings is 1. The summed E-state index contributed by atoms with van der Waals surface area (Å²) in [4.78, 5) is 26.2. The van der Waals surface area contributed by atoms with E-state index in [9.17, 15) is 9.59 Å². The van der Waals surface area contributed by atoms with Crippen LogP contribution in [0.3, 0.4) is 0 Å². The monoisotopic (exact) mass is 339 g/mol. The Balaban J connectivity index is 1.95. The summed E-state index contributed by atoms with van der Waals surface area (Å²) < 4.78 is 5.40. The average Bonchev–Trinajstić information content (AvgIpc) is 3.00. The first-order valence-electron chi connectivity index (χ1n) is 7.81. The van der Waals surface area contributed by atoms with Gasteiger partial charge in [0.25, 0.3) is 0 Å². The highest BCUT2D eigenvalue weighted by atomic mass is 32.1. The summed E-state index contributed by atoms with van der Waals surface area (Å²) in [6.07, 6.45) is 0. The third-order valence-corrected chi connectivity index (χ3v) is 4.27. The van der Waals surface area contributed by atoms with Crippen molar-refractivity contribution in [1.82, 2.24) is 15.5 Å². The largest absolute Gasteiger partial charge is 0.379 e. The molecule has 1 aromatic heterocycles. The van der Waals surface area contributed by atoms with Crippen molar-refractivity contribution >= 4 is 23.2 Å². The number of amides is 2. The average molecular weight is 339 g/mol. The molecule has 2 N–H and O–H groups in total. The Kier molecular flexibility index (Phi) is 6.15. The van der Waals surface area contributed by atoms with Crippen molar-refractivity contribution in [3.05, 3.63) is 22.4 Å². The Morgan fingerprint density at radius 3 is 2.57 bits per heavy atom. The minimum atomic E-state index is -0.594. The molecule has 2 rings (SSSR count). The molecular weight excluding hydrogens is 314 g/mol. The van der Waals surface area contributed by atoms with Gasteiger partial charge in [-0.05, 0) is 43.2 Å². The van der Waals surface area contributed by atoms with E-state index in [-0.39, 0.29) is 6.04 Å². The standard InChI is InChI=1S/C16H25N3O3S/c1-16(2,3)18-15(21)14(20)17-10-13(12-4-9-23-11-12)19-5-7-22-8-6-19/h4,9,11,13H,5-8,10H2,1-3H3,(H,17,20)(H,18,21). The van der Waals surface area contributed by atoms with Gasteiger partial charge in [0.1, 0.15) is 0 Å². The molecule has 7 heteroatoms. The predicted octanol–water partition coefficient (Wildman–Crippen LogP) is 1.15. The molecule has 6 nitrogen and oxygen atoms in total. The number of nitrogens with one attached hydrogen (secondary N) is 2. The number of hydrogen-bond donors (Lipinski definition) is 2. The highest BCUT2D eigenvalue weighted by Gasteiger charge is 2.25. The van der Waals surface area contributed by atoms with E-state index in [1.54, 1.807) is 11.3 Å². The summed E-state index contributed by atoms with van der Waals surface area (Å²) in [5.41, 5.74) is 0.735. The Morgan fingerprint density at radius 2 is 2.00 bits per heavy atom. The van der Waals surface area contributed by atoms with E-state index in [2.05, 4.69) is 27.0 Å². The van der Waals surface area contributed by atoms with Crippen LogP contribution in [-0.4, -0.2) is 55.1 Å². The molecule has 1 aliphatic rings. The van der Waals surface area contributed by atoms with Crippen LogP contribution in [0.15, 0.2) is 16.8 Å². The number of thiophene rings is 1. The molecule has 1 unspecified atom stereocenters. The first-order valence-corrected chi connectivity index (χ1v) is 8.75. The lowest BCUT2D eigenvalue weighted by atomic mass is 10.1. The van der Waals surface area contributed by atoms with Gasteiger partial charge in [-0.3, -0.25) is 14.5 Å². The maximum absolute atomic E-state index is 12.0. The van der Waals surface area contributed by atoms with Crippen LogP contribution in [0.25, 0.3) is 0 Å². The van der Waals surface area contributed by atoms with Gasteiger partial charge in [0.2, 0.25) is 0 Å². The van der Waals surface area contributed by atoms with Gasteiger partial charge in [0.05, 0.1) is 19.3 Å². The van der Waals surface area contributed by atoms with E-state index < -0.39 is 17.4 Å². The topological polar surface area (TPSA) is 70.7 Å². The van der Waals surface area contributed by atoms with E-state index in [4.69, 9.17) is 4.74 Å². The van der Waals surface area contributed by atoms with Crippen LogP contribution in [0, 0.1) is 0 Å². The van der Waals surface area contributed by atoms with Gasteiger partial charge in [-0.1, -0.05) is 0 Å². The molecule has 1 saturated heterocycles. The van der Waals surface area contributed by atoms with Crippen molar-refractivity contribution in [3.63, 3.8) is 0 Å².